The van der Waals surface area contributed by atoms with E-state index < -0.39 is 11.6 Å². The zero-order valence-electron chi connectivity index (χ0n) is 32.5. The Bertz CT molecular complexity index is 2470. The highest BCUT2D eigenvalue weighted by Gasteiger charge is 2.42. The summed E-state index contributed by atoms with van der Waals surface area (Å²) in [5.41, 5.74) is 7.50. The van der Waals surface area contributed by atoms with Gasteiger partial charge >= 0.3 is 0 Å². The van der Waals surface area contributed by atoms with E-state index in [9.17, 15) is 9.18 Å². The molecule has 2 fully saturated rings. The van der Waals surface area contributed by atoms with E-state index >= 15 is 0 Å². The van der Waals surface area contributed by atoms with Gasteiger partial charge in [0.25, 0.3) is 11.7 Å². The number of benzene rings is 4. The molecule has 5 heterocycles. The van der Waals surface area contributed by atoms with Crippen LogP contribution in [0.15, 0.2) is 78.9 Å². The topological polar surface area (TPSA) is 107 Å². The van der Waals surface area contributed by atoms with E-state index in [-0.39, 0.29) is 11.5 Å². The molecule has 13 heteroatoms. The molecular weight excluding hydrogens is 763 g/mol. The normalized spacial score (nSPS) is 18.6. The van der Waals surface area contributed by atoms with Crippen molar-refractivity contribution in [2.45, 2.75) is 50.9 Å². The van der Waals surface area contributed by atoms with E-state index in [4.69, 9.17) is 30.8 Å². The molecule has 4 aliphatic rings. The van der Waals surface area contributed by atoms with Crippen LogP contribution in [0, 0.1) is 5.82 Å². The molecule has 10 nitrogen and oxygen atoms in total. The second-order valence-corrected chi connectivity index (χ2v) is 16.1. The van der Waals surface area contributed by atoms with E-state index in [2.05, 4.69) is 31.1 Å². The Balaban J connectivity index is 0.000000597. The minimum absolute atomic E-state index is 0.177. The summed E-state index contributed by atoms with van der Waals surface area (Å²) in [5.74, 6) is 0.698. The molecule has 10 rings (SSSR count). The van der Waals surface area contributed by atoms with Crippen LogP contribution in [0.1, 0.15) is 71.5 Å². The number of halogens is 2. The summed E-state index contributed by atoms with van der Waals surface area (Å²) in [4.78, 5) is 20.6. The second-order valence-electron chi connectivity index (χ2n) is 14.9. The number of carbonyl (C=O) groups is 1. The van der Waals surface area contributed by atoms with Gasteiger partial charge in [-0.2, -0.15) is 16.9 Å². The van der Waals surface area contributed by atoms with Gasteiger partial charge in [-0.3, -0.25) is 14.8 Å². The highest BCUT2D eigenvalue weighted by Crippen LogP contribution is 2.49. The summed E-state index contributed by atoms with van der Waals surface area (Å²) in [6, 6.07) is 21.8. The molecule has 1 saturated carbocycles. The van der Waals surface area contributed by atoms with Gasteiger partial charge in [0, 0.05) is 79.1 Å². The number of para-hydroxylation sites is 1. The van der Waals surface area contributed by atoms with Crippen molar-refractivity contribution in [3.63, 3.8) is 0 Å². The number of rotatable bonds is 7. The summed E-state index contributed by atoms with van der Waals surface area (Å²) in [7, 11) is 2.01. The third-order valence-corrected chi connectivity index (χ3v) is 10.9. The second kappa shape index (κ2) is 16.5. The van der Waals surface area contributed by atoms with Gasteiger partial charge < -0.3 is 24.1 Å². The Morgan fingerprint density at radius 1 is 1.05 bits per heavy atom. The largest absolute Gasteiger partial charge is 0.444 e. The number of imidazole rings is 1. The monoisotopic (exact) mass is 808 g/mol. The number of aryl methyl sites for hydroxylation is 1. The van der Waals surface area contributed by atoms with Crippen molar-refractivity contribution in [3.8, 4) is 11.5 Å². The fourth-order valence-electron chi connectivity index (χ4n) is 7.32. The van der Waals surface area contributed by atoms with Crippen LogP contribution in [-0.2, 0) is 24.1 Å². The zero-order valence-corrected chi connectivity index (χ0v) is 34.1. The molecule has 296 valence electrons. The molecule has 4 aromatic carbocycles. The number of nitrogens with zero attached hydrogens (tertiary/aromatic N) is 4. The number of amides is 1. The molecule has 3 aliphatic heterocycles. The Hall–Kier alpha value is -4.88. The first-order chi connectivity index (χ1) is 27.6. The first-order valence-corrected chi connectivity index (χ1v) is 21.3. The minimum Gasteiger partial charge on any atom is -0.444 e. The first kappa shape index (κ1) is 39.0. The predicted octanol–water partition coefficient (Wildman–Crippen LogP) is 9.69. The van der Waals surface area contributed by atoms with Crippen molar-refractivity contribution in [2.75, 3.05) is 44.1 Å². The minimum atomic E-state index is -1.30. The Morgan fingerprint density at radius 3 is 2.54 bits per heavy atom. The molecule has 6 aromatic rings. The molecule has 1 aliphatic carbocycles. The molecule has 1 amide bonds. The fourth-order valence-corrected chi connectivity index (χ4v) is 7.48. The maximum Gasteiger partial charge on any atom is 0.278 e. The lowest BCUT2D eigenvalue weighted by Gasteiger charge is -2.27. The lowest BCUT2D eigenvalue weighted by Crippen LogP contribution is -2.32. The summed E-state index contributed by atoms with van der Waals surface area (Å²) in [5, 5.41) is 12.0. The number of nitrogens with one attached hydrogen (secondary N) is 2. The van der Waals surface area contributed by atoms with E-state index in [0.717, 1.165) is 83.0 Å². The van der Waals surface area contributed by atoms with Gasteiger partial charge in [-0.15, -0.1) is 0 Å². The maximum absolute atomic E-state index is 14.9. The van der Waals surface area contributed by atoms with Crippen molar-refractivity contribution >= 4 is 62.5 Å². The maximum atomic E-state index is 14.9. The number of aromatic amines is 1. The average Bonchev–Trinajstić information content (AvgIpc) is 3.71. The quantitative estimate of drug-likeness (QED) is 0.164. The molecule has 1 atom stereocenters. The van der Waals surface area contributed by atoms with Crippen LogP contribution in [0.3, 0.4) is 0 Å². The van der Waals surface area contributed by atoms with Crippen molar-refractivity contribution in [1.82, 2.24) is 24.6 Å². The number of hydrogen-bond donors (Lipinski definition) is 2. The van der Waals surface area contributed by atoms with Gasteiger partial charge in [0.2, 0.25) is 0 Å². The summed E-state index contributed by atoms with van der Waals surface area (Å²) >= 11 is 7.74. The third-order valence-electron chi connectivity index (χ3n) is 10.6. The lowest BCUT2D eigenvalue weighted by atomic mass is 9.98. The van der Waals surface area contributed by atoms with Gasteiger partial charge in [-0.25, -0.2) is 9.37 Å². The SMILES string of the molecule is C1COC1.CSC.Cn1c(CN2CC=C(c3cccc4c3OC(C)(c3ccc(Cl)cc3F)O4)CC2)nc2cc(C(=O)Nc3ccc4n[nH]c(C5CC5)c4c3)ccc21. The van der Waals surface area contributed by atoms with Crippen LogP contribution in [-0.4, -0.2) is 69.4 Å². The van der Waals surface area contributed by atoms with Crippen molar-refractivity contribution in [1.29, 1.82) is 0 Å². The zero-order chi connectivity index (χ0) is 39.7. The molecule has 1 unspecified atom stereocenters. The van der Waals surface area contributed by atoms with Crippen molar-refractivity contribution in [2.24, 2.45) is 7.05 Å². The number of fused-ring (bicyclic) bond motifs is 3. The molecule has 0 spiro atoms. The number of hydrogen-bond acceptors (Lipinski definition) is 8. The Morgan fingerprint density at radius 2 is 1.84 bits per heavy atom. The number of thioether (sulfide) groups is 1. The lowest BCUT2D eigenvalue weighted by molar-refractivity contribution is -0.0708. The van der Waals surface area contributed by atoms with Crippen LogP contribution >= 0.6 is 23.4 Å². The molecular formula is C44H46ClFN6O4S. The predicted molar refractivity (Wildman–Crippen MR) is 226 cm³/mol. The van der Waals surface area contributed by atoms with Gasteiger partial charge in [0.05, 0.1) is 28.7 Å². The number of carbonyl (C=O) groups excluding carboxylic acids is 1. The molecule has 1 saturated heterocycles. The van der Waals surface area contributed by atoms with Crippen LogP contribution in [0.2, 0.25) is 5.02 Å². The fraction of sp³-hybridized carbons (Fsp3) is 0.341. The smallest absolute Gasteiger partial charge is 0.278 e. The molecule has 0 radical (unpaired) electrons. The van der Waals surface area contributed by atoms with Crippen LogP contribution in [0.4, 0.5) is 10.1 Å². The highest BCUT2D eigenvalue weighted by molar-refractivity contribution is 7.97. The van der Waals surface area contributed by atoms with E-state index in [1.807, 2.05) is 74.2 Å². The number of aromatic nitrogens is 4. The van der Waals surface area contributed by atoms with Crippen LogP contribution < -0.4 is 14.8 Å². The van der Waals surface area contributed by atoms with E-state index in [1.165, 1.54) is 25.3 Å². The van der Waals surface area contributed by atoms with Gasteiger partial charge in [0.15, 0.2) is 11.5 Å². The number of ether oxygens (including phenoxy) is 3. The van der Waals surface area contributed by atoms with Gasteiger partial charge in [0.1, 0.15) is 11.6 Å². The molecule has 57 heavy (non-hydrogen) atoms. The Kier molecular flexibility index (Phi) is 11.3. The van der Waals surface area contributed by atoms with Gasteiger partial charge in [-0.05, 0) is 104 Å². The van der Waals surface area contributed by atoms with Gasteiger partial charge in [-0.1, -0.05) is 29.8 Å². The average molecular weight is 809 g/mol. The number of anilines is 1. The first-order valence-electron chi connectivity index (χ1n) is 19.2. The number of H-pyrrole nitrogens is 1. The van der Waals surface area contributed by atoms with E-state index in [1.54, 1.807) is 30.8 Å². The highest BCUT2D eigenvalue weighted by atomic mass is 35.5. The summed E-state index contributed by atoms with van der Waals surface area (Å²) < 4.78 is 34.2. The van der Waals surface area contributed by atoms with Crippen LogP contribution in [0.5, 0.6) is 11.5 Å². The third kappa shape index (κ3) is 8.27. The van der Waals surface area contributed by atoms with E-state index in [0.29, 0.717) is 34.5 Å². The van der Waals surface area contributed by atoms with Crippen LogP contribution in [0.25, 0.3) is 27.5 Å². The molecule has 2 aromatic heterocycles. The summed E-state index contributed by atoms with van der Waals surface area (Å²) in [6.07, 6.45) is 10.7. The van der Waals surface area contributed by atoms with Crippen molar-refractivity contribution in [3.05, 3.63) is 118 Å². The molecule has 0 bridgehead atoms. The Labute approximate surface area is 340 Å². The van der Waals surface area contributed by atoms with Crippen molar-refractivity contribution < 1.29 is 23.4 Å². The standard InChI is InChI=1S/C39H34ClFN6O3.C3H6O.C2H6S/c1-39(29-11-9-25(40)19-30(29)41)49-34-5-3-4-27(37(34)50-39)22-14-16-47(17-15-22)21-35-43-32-18-24(8-13-33(32)46(35)2)38(48)42-26-10-12-31-28(20-26)36(45-44-31)23-6-7-23;1-2-4-3-1;1-3-2/h3-5,8-14,18-20,23H,6-7,15-17,21H2,1-2H3,(H,42,48)(H,44,45);1-3H2;1-2H3. The molecule has 2 N–H and O–H groups in total. The summed E-state index contributed by atoms with van der Waals surface area (Å²) in [6.45, 7) is 5.92.